The Balaban J connectivity index is 1.84. The number of halogens is 2. The third-order valence-electron chi connectivity index (χ3n) is 4.43. The summed E-state index contributed by atoms with van der Waals surface area (Å²) in [5, 5.41) is 4.70. The summed E-state index contributed by atoms with van der Waals surface area (Å²) < 4.78 is 27.3. The van der Waals surface area contributed by atoms with E-state index in [2.05, 4.69) is 20.3 Å². The Morgan fingerprint density at radius 3 is 2.77 bits per heavy atom. The summed E-state index contributed by atoms with van der Waals surface area (Å²) >= 11 is 0. The van der Waals surface area contributed by atoms with E-state index in [0.29, 0.717) is 23.6 Å². The van der Waals surface area contributed by atoms with Crippen molar-refractivity contribution in [3.8, 4) is 11.4 Å². The Bertz CT molecular complexity index is 1080. The molecule has 1 atom stereocenters. The van der Waals surface area contributed by atoms with Crippen LogP contribution in [0.5, 0.6) is 0 Å². The Labute approximate surface area is 149 Å². The van der Waals surface area contributed by atoms with Crippen molar-refractivity contribution in [3.63, 3.8) is 0 Å². The molecule has 0 saturated carbocycles. The first-order valence-electron chi connectivity index (χ1n) is 8.29. The zero-order valence-electron chi connectivity index (χ0n) is 14.1. The molecule has 0 amide bonds. The molecule has 2 heterocycles. The van der Waals surface area contributed by atoms with E-state index in [-0.39, 0.29) is 5.92 Å². The normalized spacial score (nSPS) is 15.6. The first kappa shape index (κ1) is 16.3. The van der Waals surface area contributed by atoms with Gasteiger partial charge in [-0.2, -0.15) is 0 Å². The van der Waals surface area contributed by atoms with Crippen LogP contribution in [0.3, 0.4) is 0 Å². The molecule has 4 nitrogen and oxygen atoms in total. The standard InChI is InChI=1S/C20H16F2N4/c1-23-20-16-9-12(15-6-5-14(21)10-17(15)22)4-7-18(16)25-19(26-20)13-3-2-8-24-11-13/h2-3,5-12H,4H2,1H3,(H,23,25,26). The van der Waals surface area contributed by atoms with Crippen LogP contribution in [0.1, 0.15) is 17.9 Å². The van der Waals surface area contributed by atoms with E-state index >= 15 is 0 Å². The van der Waals surface area contributed by atoms with Crippen LogP contribution in [-0.2, 0) is 0 Å². The lowest BCUT2D eigenvalue weighted by Crippen LogP contribution is -2.35. The van der Waals surface area contributed by atoms with Crippen LogP contribution in [0.25, 0.3) is 23.5 Å². The van der Waals surface area contributed by atoms with Crippen LogP contribution >= 0.6 is 0 Å². The molecular formula is C20H16F2N4. The molecule has 0 bridgehead atoms. The number of rotatable bonds is 3. The Kier molecular flexibility index (Phi) is 4.16. The van der Waals surface area contributed by atoms with Crippen LogP contribution < -0.4 is 15.9 Å². The summed E-state index contributed by atoms with van der Waals surface area (Å²) in [4.78, 5) is 13.3. The summed E-state index contributed by atoms with van der Waals surface area (Å²) in [6.45, 7) is 0. The third-order valence-corrected chi connectivity index (χ3v) is 4.43. The minimum Gasteiger partial charge on any atom is -0.373 e. The zero-order chi connectivity index (χ0) is 18.1. The highest BCUT2D eigenvalue weighted by molar-refractivity contribution is 5.60. The first-order valence-corrected chi connectivity index (χ1v) is 8.29. The highest BCUT2D eigenvalue weighted by atomic mass is 19.1. The molecule has 1 N–H and O–H groups in total. The quantitative estimate of drug-likeness (QED) is 0.789. The predicted molar refractivity (Wildman–Crippen MR) is 96.7 cm³/mol. The van der Waals surface area contributed by atoms with Gasteiger partial charge in [-0.15, -0.1) is 0 Å². The molecule has 2 aromatic heterocycles. The Morgan fingerprint density at radius 2 is 2.04 bits per heavy atom. The number of aromatic nitrogens is 3. The van der Waals surface area contributed by atoms with E-state index in [9.17, 15) is 8.78 Å². The molecule has 4 rings (SSSR count). The fourth-order valence-electron chi connectivity index (χ4n) is 3.15. The fourth-order valence-corrected chi connectivity index (χ4v) is 3.15. The van der Waals surface area contributed by atoms with E-state index < -0.39 is 11.6 Å². The van der Waals surface area contributed by atoms with Crippen molar-refractivity contribution < 1.29 is 8.78 Å². The average molecular weight is 350 g/mol. The number of hydrogen-bond acceptors (Lipinski definition) is 4. The van der Waals surface area contributed by atoms with Gasteiger partial charge in [0.15, 0.2) is 5.82 Å². The van der Waals surface area contributed by atoms with Gasteiger partial charge in [0.05, 0.1) is 5.35 Å². The molecular weight excluding hydrogens is 334 g/mol. The van der Waals surface area contributed by atoms with E-state index in [1.807, 2.05) is 24.3 Å². The minimum absolute atomic E-state index is 0.192. The largest absolute Gasteiger partial charge is 0.373 e. The summed E-state index contributed by atoms with van der Waals surface area (Å²) in [5.41, 5.74) is 1.29. The highest BCUT2D eigenvalue weighted by Gasteiger charge is 2.18. The van der Waals surface area contributed by atoms with Crippen molar-refractivity contribution in [3.05, 3.63) is 70.5 Å². The van der Waals surface area contributed by atoms with E-state index in [0.717, 1.165) is 22.2 Å². The lowest BCUT2D eigenvalue weighted by Gasteiger charge is -2.16. The maximum atomic E-state index is 14.2. The van der Waals surface area contributed by atoms with Gasteiger partial charge in [0.2, 0.25) is 0 Å². The molecule has 0 aliphatic heterocycles. The number of pyridine rings is 1. The number of fused-ring (bicyclic) bond motifs is 1. The van der Waals surface area contributed by atoms with Crippen LogP contribution in [-0.4, -0.2) is 22.0 Å². The number of hydrogen-bond donors (Lipinski definition) is 1. The van der Waals surface area contributed by atoms with Crippen molar-refractivity contribution in [2.24, 2.45) is 0 Å². The Hall–Kier alpha value is -3.15. The smallest absolute Gasteiger partial charge is 0.163 e. The van der Waals surface area contributed by atoms with Gasteiger partial charge in [0, 0.05) is 42.2 Å². The van der Waals surface area contributed by atoms with Gasteiger partial charge in [-0.05, 0) is 30.2 Å². The van der Waals surface area contributed by atoms with Gasteiger partial charge in [-0.25, -0.2) is 18.7 Å². The molecule has 1 unspecified atom stereocenters. The lowest BCUT2D eigenvalue weighted by molar-refractivity contribution is 0.568. The van der Waals surface area contributed by atoms with Crippen LogP contribution in [0.15, 0.2) is 42.7 Å². The van der Waals surface area contributed by atoms with E-state index in [4.69, 9.17) is 0 Å². The molecule has 0 fully saturated rings. The van der Waals surface area contributed by atoms with E-state index in [1.165, 1.54) is 12.1 Å². The maximum absolute atomic E-state index is 14.2. The van der Waals surface area contributed by atoms with Crippen LogP contribution in [0, 0.1) is 11.6 Å². The summed E-state index contributed by atoms with van der Waals surface area (Å²) in [7, 11) is 1.78. The first-order chi connectivity index (χ1) is 12.7. The van der Waals surface area contributed by atoms with Gasteiger partial charge < -0.3 is 5.32 Å². The second kappa shape index (κ2) is 6.63. The summed E-state index contributed by atoms with van der Waals surface area (Å²) in [6.07, 6.45) is 7.89. The second-order valence-electron chi connectivity index (χ2n) is 6.07. The van der Waals surface area contributed by atoms with Gasteiger partial charge in [-0.3, -0.25) is 4.98 Å². The maximum Gasteiger partial charge on any atom is 0.163 e. The number of nitrogens with one attached hydrogen (secondary N) is 1. The topological polar surface area (TPSA) is 50.7 Å². The molecule has 1 aromatic carbocycles. The summed E-state index contributed by atoms with van der Waals surface area (Å²) in [6, 6.07) is 7.43. The van der Waals surface area contributed by atoms with Crippen molar-refractivity contribution in [2.45, 2.75) is 12.3 Å². The fraction of sp³-hybridized carbons (Fsp3) is 0.150. The van der Waals surface area contributed by atoms with Crippen molar-refractivity contribution in [2.75, 3.05) is 12.4 Å². The monoisotopic (exact) mass is 350 g/mol. The SMILES string of the molecule is CNc1nc(-c2cccnc2)nc2c1=CC(c1ccc(F)cc1F)CC=2. The Morgan fingerprint density at radius 1 is 1.15 bits per heavy atom. The van der Waals surface area contributed by atoms with Crippen molar-refractivity contribution >= 4 is 18.0 Å². The molecule has 26 heavy (non-hydrogen) atoms. The molecule has 1 aliphatic carbocycles. The second-order valence-corrected chi connectivity index (χ2v) is 6.07. The van der Waals surface area contributed by atoms with Gasteiger partial charge in [0.25, 0.3) is 0 Å². The van der Waals surface area contributed by atoms with Crippen molar-refractivity contribution in [1.82, 2.24) is 15.0 Å². The van der Waals surface area contributed by atoms with Gasteiger partial charge in [0.1, 0.15) is 17.5 Å². The average Bonchev–Trinajstić information content (AvgIpc) is 2.67. The third kappa shape index (κ3) is 2.94. The van der Waals surface area contributed by atoms with E-state index in [1.54, 1.807) is 19.4 Å². The minimum atomic E-state index is -0.577. The number of nitrogens with zero attached hydrogens (tertiary/aromatic N) is 3. The van der Waals surface area contributed by atoms with Gasteiger partial charge >= 0.3 is 0 Å². The molecule has 130 valence electrons. The number of benzene rings is 1. The highest BCUT2D eigenvalue weighted by Crippen LogP contribution is 2.26. The summed E-state index contributed by atoms with van der Waals surface area (Å²) in [5.74, 6) is -0.0635. The van der Waals surface area contributed by atoms with Crippen LogP contribution in [0.4, 0.5) is 14.6 Å². The van der Waals surface area contributed by atoms with Crippen molar-refractivity contribution in [1.29, 1.82) is 0 Å². The molecule has 0 radical (unpaired) electrons. The lowest BCUT2D eigenvalue weighted by atomic mass is 9.91. The zero-order valence-corrected chi connectivity index (χ0v) is 14.1. The molecule has 1 aliphatic rings. The molecule has 3 aromatic rings. The number of anilines is 1. The molecule has 6 heteroatoms. The molecule has 0 saturated heterocycles. The van der Waals surface area contributed by atoms with Crippen LogP contribution in [0.2, 0.25) is 0 Å². The van der Waals surface area contributed by atoms with Gasteiger partial charge in [-0.1, -0.05) is 18.2 Å². The predicted octanol–water partition coefficient (Wildman–Crippen LogP) is 2.61. The molecule has 0 spiro atoms.